The van der Waals surface area contributed by atoms with Crippen molar-refractivity contribution < 1.29 is 24.2 Å². The molecule has 2 N–H and O–H groups in total. The van der Waals surface area contributed by atoms with Crippen molar-refractivity contribution in [1.29, 1.82) is 0 Å². The number of carbonyl (C=O) groups is 2. The van der Waals surface area contributed by atoms with Crippen LogP contribution in [0.5, 0.6) is 5.75 Å². The van der Waals surface area contributed by atoms with Crippen LogP contribution in [-0.4, -0.2) is 42.8 Å². The molecule has 1 amide bonds. The number of aliphatic carboxylic acids is 1. The summed E-state index contributed by atoms with van der Waals surface area (Å²) in [4.78, 5) is 22.6. The number of hydrogen-bond acceptors (Lipinski definition) is 4. The van der Waals surface area contributed by atoms with Gasteiger partial charge >= 0.3 is 5.97 Å². The second kappa shape index (κ2) is 8.21. The molecule has 0 radical (unpaired) electrons. The first-order valence-corrected chi connectivity index (χ1v) is 7.17. The summed E-state index contributed by atoms with van der Waals surface area (Å²) < 4.78 is 10.8. The zero-order valence-corrected chi connectivity index (χ0v) is 13.8. The number of carbonyl (C=O) groups excluding carboxylic acids is 1. The molecule has 6 nitrogen and oxygen atoms in total. The molecule has 0 aromatic heterocycles. The van der Waals surface area contributed by atoms with Gasteiger partial charge in [0.15, 0.2) is 12.2 Å². The Hall–Kier alpha value is -1.31. The monoisotopic (exact) mass is 379 g/mol. The number of rotatable bonds is 7. The van der Waals surface area contributed by atoms with Gasteiger partial charge in [-0.1, -0.05) is 11.6 Å². The topological polar surface area (TPSA) is 84.9 Å². The number of hydrogen-bond donors (Lipinski definition) is 2. The van der Waals surface area contributed by atoms with Crippen LogP contribution in [0.1, 0.15) is 6.92 Å². The number of amides is 1. The Labute approximate surface area is 135 Å². The number of methoxy groups -OCH3 is 1. The molecule has 1 aromatic rings. The molecule has 0 spiro atoms. The molecule has 0 saturated heterocycles. The van der Waals surface area contributed by atoms with Crippen molar-refractivity contribution in [2.24, 2.45) is 0 Å². The van der Waals surface area contributed by atoms with Crippen LogP contribution < -0.4 is 10.1 Å². The zero-order chi connectivity index (χ0) is 16.0. The van der Waals surface area contributed by atoms with E-state index in [2.05, 4.69) is 21.2 Å². The molecule has 0 fully saturated rings. The number of carboxylic acids is 1. The van der Waals surface area contributed by atoms with Crippen LogP contribution in [0.2, 0.25) is 5.02 Å². The van der Waals surface area contributed by atoms with Crippen molar-refractivity contribution in [1.82, 2.24) is 5.32 Å². The highest BCUT2D eigenvalue weighted by atomic mass is 79.9. The fourth-order valence-corrected chi connectivity index (χ4v) is 2.20. The third kappa shape index (κ3) is 5.53. The number of ether oxygens (including phenoxy) is 2. The van der Waals surface area contributed by atoms with Gasteiger partial charge in [0.25, 0.3) is 5.91 Å². The number of nitrogens with one attached hydrogen (secondary N) is 1. The molecule has 8 heteroatoms. The minimum absolute atomic E-state index is 0.139. The summed E-state index contributed by atoms with van der Waals surface area (Å²) in [5.74, 6) is -1.13. The quantitative estimate of drug-likeness (QED) is 0.756. The third-order valence-corrected chi connectivity index (χ3v) is 3.44. The Bertz CT molecular complexity index is 525. The lowest BCUT2D eigenvalue weighted by Gasteiger charge is -2.17. The Balaban J connectivity index is 2.56. The molecule has 21 heavy (non-hydrogen) atoms. The van der Waals surface area contributed by atoms with Gasteiger partial charge in [0.2, 0.25) is 0 Å². The average Bonchev–Trinajstić information content (AvgIpc) is 2.41. The molecule has 0 saturated carbocycles. The molecule has 1 rings (SSSR count). The lowest BCUT2D eigenvalue weighted by molar-refractivity contribution is -0.148. The molecule has 1 aromatic carbocycles. The van der Waals surface area contributed by atoms with E-state index in [-0.39, 0.29) is 6.54 Å². The van der Waals surface area contributed by atoms with Crippen LogP contribution in [0.25, 0.3) is 0 Å². The Morgan fingerprint density at radius 2 is 2.14 bits per heavy atom. The maximum Gasteiger partial charge on any atom is 0.334 e. The second-order valence-electron chi connectivity index (χ2n) is 4.14. The van der Waals surface area contributed by atoms with Crippen molar-refractivity contribution in [3.8, 4) is 5.75 Å². The fraction of sp³-hybridized carbons (Fsp3) is 0.385. The third-order valence-electron chi connectivity index (χ3n) is 2.59. The van der Waals surface area contributed by atoms with E-state index in [9.17, 15) is 9.59 Å². The van der Waals surface area contributed by atoms with Crippen molar-refractivity contribution in [2.45, 2.75) is 19.1 Å². The van der Waals surface area contributed by atoms with Crippen molar-refractivity contribution >= 4 is 39.4 Å². The van der Waals surface area contributed by atoms with Crippen LogP contribution in [0.3, 0.4) is 0 Å². The highest BCUT2D eigenvalue weighted by molar-refractivity contribution is 9.10. The predicted octanol–water partition coefficient (Wildman–Crippen LogP) is 2.09. The van der Waals surface area contributed by atoms with Crippen LogP contribution in [0.4, 0.5) is 0 Å². The fourth-order valence-electron chi connectivity index (χ4n) is 1.42. The maximum atomic E-state index is 11.8. The largest absolute Gasteiger partial charge is 0.480 e. The van der Waals surface area contributed by atoms with Gasteiger partial charge in [-0.25, -0.2) is 4.79 Å². The first-order chi connectivity index (χ1) is 9.85. The summed E-state index contributed by atoms with van der Waals surface area (Å²) in [6.45, 7) is 1.42. The summed E-state index contributed by atoms with van der Waals surface area (Å²) in [7, 11) is 1.26. The van der Waals surface area contributed by atoms with E-state index in [0.717, 1.165) is 0 Å². The average molecular weight is 381 g/mol. The smallest absolute Gasteiger partial charge is 0.334 e. The van der Waals surface area contributed by atoms with Gasteiger partial charge in [0.1, 0.15) is 5.75 Å². The van der Waals surface area contributed by atoms with Crippen LogP contribution in [-0.2, 0) is 14.3 Å². The van der Waals surface area contributed by atoms with E-state index in [1.807, 2.05) is 0 Å². The summed E-state index contributed by atoms with van der Waals surface area (Å²) in [6, 6.07) is 4.91. The van der Waals surface area contributed by atoms with E-state index < -0.39 is 24.1 Å². The van der Waals surface area contributed by atoms with Crippen molar-refractivity contribution in [3.63, 3.8) is 0 Å². The molecule has 0 aliphatic heterocycles. The highest BCUT2D eigenvalue weighted by Gasteiger charge is 2.21. The van der Waals surface area contributed by atoms with Gasteiger partial charge < -0.3 is 19.9 Å². The van der Waals surface area contributed by atoms with E-state index in [4.69, 9.17) is 26.2 Å². The normalized spacial score (nSPS) is 13.3. The van der Waals surface area contributed by atoms with Gasteiger partial charge in [0, 0.05) is 12.1 Å². The highest BCUT2D eigenvalue weighted by Crippen LogP contribution is 2.28. The summed E-state index contributed by atoms with van der Waals surface area (Å²) in [5, 5.41) is 11.8. The molecular formula is C13H15BrClNO5. The molecule has 116 valence electrons. The Kier molecular flexibility index (Phi) is 6.94. The van der Waals surface area contributed by atoms with Crippen LogP contribution >= 0.6 is 27.5 Å². The van der Waals surface area contributed by atoms with Crippen molar-refractivity contribution in [2.75, 3.05) is 13.7 Å². The zero-order valence-electron chi connectivity index (χ0n) is 11.4. The molecule has 0 aliphatic rings. The van der Waals surface area contributed by atoms with Crippen molar-refractivity contribution in [3.05, 3.63) is 27.7 Å². The number of halogens is 2. The summed E-state index contributed by atoms with van der Waals surface area (Å²) in [5.41, 5.74) is 0. The van der Waals surface area contributed by atoms with Gasteiger partial charge in [-0.05, 0) is 41.1 Å². The molecule has 2 atom stereocenters. The first kappa shape index (κ1) is 17.7. The number of benzene rings is 1. The van der Waals surface area contributed by atoms with E-state index in [1.165, 1.54) is 7.11 Å². The number of carboxylic acid groups (broad SMARTS) is 1. The van der Waals surface area contributed by atoms with E-state index >= 15 is 0 Å². The van der Waals surface area contributed by atoms with Crippen LogP contribution in [0, 0.1) is 0 Å². The molecule has 0 bridgehead atoms. The molecule has 2 unspecified atom stereocenters. The second-order valence-corrected chi connectivity index (χ2v) is 5.43. The molecule has 0 aliphatic carbocycles. The Morgan fingerprint density at radius 1 is 1.48 bits per heavy atom. The minimum atomic E-state index is -1.15. The van der Waals surface area contributed by atoms with E-state index in [0.29, 0.717) is 15.2 Å². The lowest BCUT2D eigenvalue weighted by atomic mass is 10.3. The molecular weight excluding hydrogens is 366 g/mol. The Morgan fingerprint density at radius 3 is 2.67 bits per heavy atom. The van der Waals surface area contributed by atoms with E-state index in [1.54, 1.807) is 25.1 Å². The lowest BCUT2D eigenvalue weighted by Crippen LogP contribution is -2.43. The SMILES string of the molecule is COC(CNC(=O)C(C)Oc1ccc(Cl)cc1Br)C(=O)O. The van der Waals surface area contributed by atoms with Gasteiger partial charge in [-0.15, -0.1) is 0 Å². The maximum absolute atomic E-state index is 11.8. The molecule has 0 heterocycles. The van der Waals surface area contributed by atoms with Gasteiger partial charge in [0.05, 0.1) is 11.0 Å². The summed E-state index contributed by atoms with van der Waals surface area (Å²) in [6.07, 6.45) is -1.89. The van der Waals surface area contributed by atoms with Gasteiger partial charge in [-0.3, -0.25) is 4.79 Å². The first-order valence-electron chi connectivity index (χ1n) is 6.00. The minimum Gasteiger partial charge on any atom is -0.480 e. The standard InChI is InChI=1S/C13H15BrClNO5/c1-7(12(17)16-6-11(20-2)13(18)19)21-10-4-3-8(15)5-9(10)14/h3-5,7,11H,6H2,1-2H3,(H,16,17)(H,18,19). The summed E-state index contributed by atoms with van der Waals surface area (Å²) >= 11 is 9.09. The predicted molar refractivity (Wildman–Crippen MR) is 80.7 cm³/mol. The van der Waals surface area contributed by atoms with Crippen LogP contribution in [0.15, 0.2) is 22.7 Å². The van der Waals surface area contributed by atoms with Gasteiger partial charge in [-0.2, -0.15) is 0 Å².